The van der Waals surface area contributed by atoms with E-state index < -0.39 is 0 Å². The fourth-order valence-corrected chi connectivity index (χ4v) is 4.31. The monoisotopic (exact) mass is 577 g/mol. The quantitative estimate of drug-likeness (QED) is 0.214. The van der Waals surface area contributed by atoms with Crippen molar-refractivity contribution in [2.75, 3.05) is 26.2 Å². The minimum absolute atomic E-state index is 0. The van der Waals surface area contributed by atoms with Crippen LogP contribution < -0.4 is 10.6 Å². The van der Waals surface area contributed by atoms with Gasteiger partial charge in [-0.1, -0.05) is 37.3 Å². The predicted octanol–water partition coefficient (Wildman–Crippen LogP) is 4.19. The molecule has 0 amide bonds. The van der Waals surface area contributed by atoms with Crippen molar-refractivity contribution in [2.45, 2.75) is 51.7 Å². The zero-order chi connectivity index (χ0) is 22.9. The van der Waals surface area contributed by atoms with E-state index in [9.17, 15) is 0 Å². The van der Waals surface area contributed by atoms with Crippen molar-refractivity contribution in [3.8, 4) is 0 Å². The second-order valence-electron chi connectivity index (χ2n) is 8.46. The molecule has 3 heterocycles. The largest absolute Gasteiger partial charge is 0.468 e. The number of nitrogens with one attached hydrogen (secondary N) is 2. The number of likely N-dealkylation sites (tertiary alicyclic amines) is 1. The topological polar surface area (TPSA) is 83.5 Å². The van der Waals surface area contributed by atoms with Crippen molar-refractivity contribution in [2.24, 2.45) is 4.99 Å². The predicted molar refractivity (Wildman–Crippen MR) is 145 cm³/mol. The molecule has 8 nitrogen and oxygen atoms in total. The number of furan rings is 1. The summed E-state index contributed by atoms with van der Waals surface area (Å²) < 4.78 is 7.86. The molecule has 0 bridgehead atoms. The highest BCUT2D eigenvalue weighted by Gasteiger charge is 2.25. The van der Waals surface area contributed by atoms with E-state index in [-0.39, 0.29) is 36.1 Å². The summed E-state index contributed by atoms with van der Waals surface area (Å²) in [7, 11) is 0. The Labute approximate surface area is 219 Å². The fourth-order valence-electron chi connectivity index (χ4n) is 4.31. The van der Waals surface area contributed by atoms with Gasteiger partial charge in [0, 0.05) is 19.5 Å². The molecule has 2 N–H and O–H groups in total. The number of rotatable bonds is 10. The van der Waals surface area contributed by atoms with Gasteiger partial charge in [-0.2, -0.15) is 0 Å². The number of aliphatic imine (C=N–C) groups is 1. The van der Waals surface area contributed by atoms with Crippen LogP contribution in [0, 0.1) is 0 Å². The molecule has 2 atom stereocenters. The van der Waals surface area contributed by atoms with Gasteiger partial charge in [0.25, 0.3) is 0 Å². The molecule has 2 unspecified atom stereocenters. The van der Waals surface area contributed by atoms with E-state index >= 15 is 0 Å². The van der Waals surface area contributed by atoms with E-state index in [1.54, 1.807) is 12.6 Å². The van der Waals surface area contributed by atoms with E-state index in [1.165, 1.54) is 18.4 Å². The molecule has 0 aliphatic carbocycles. The molecule has 1 aromatic carbocycles. The summed E-state index contributed by atoms with van der Waals surface area (Å²) in [6.07, 6.45) is 6.87. The molecule has 1 saturated heterocycles. The van der Waals surface area contributed by atoms with Crippen molar-refractivity contribution in [3.63, 3.8) is 0 Å². The summed E-state index contributed by atoms with van der Waals surface area (Å²) >= 11 is 0. The van der Waals surface area contributed by atoms with Crippen LogP contribution >= 0.6 is 24.0 Å². The van der Waals surface area contributed by atoms with Crippen LogP contribution in [0.5, 0.6) is 0 Å². The van der Waals surface area contributed by atoms with Gasteiger partial charge >= 0.3 is 0 Å². The molecular weight excluding hydrogens is 541 g/mol. The highest BCUT2D eigenvalue weighted by Crippen LogP contribution is 2.25. The number of benzene rings is 1. The van der Waals surface area contributed by atoms with Gasteiger partial charge in [0.2, 0.25) is 0 Å². The lowest BCUT2D eigenvalue weighted by Gasteiger charge is -2.25. The summed E-state index contributed by atoms with van der Waals surface area (Å²) in [4.78, 5) is 7.48. The Hall–Kier alpha value is -2.40. The molecular formula is C25H36IN7O. The van der Waals surface area contributed by atoms with Gasteiger partial charge in [-0.25, -0.2) is 0 Å². The van der Waals surface area contributed by atoms with Crippen LogP contribution in [-0.4, -0.2) is 51.8 Å². The van der Waals surface area contributed by atoms with Crippen molar-refractivity contribution in [1.29, 1.82) is 0 Å². The van der Waals surface area contributed by atoms with Crippen LogP contribution in [0.2, 0.25) is 0 Å². The van der Waals surface area contributed by atoms with Gasteiger partial charge in [0.05, 0.1) is 24.9 Å². The lowest BCUT2D eigenvalue weighted by atomic mass is 10.1. The van der Waals surface area contributed by atoms with Crippen LogP contribution in [-0.2, 0) is 13.0 Å². The molecule has 0 spiro atoms. The van der Waals surface area contributed by atoms with E-state index in [4.69, 9.17) is 9.41 Å². The van der Waals surface area contributed by atoms with Crippen molar-refractivity contribution >= 4 is 29.9 Å². The van der Waals surface area contributed by atoms with E-state index in [2.05, 4.69) is 74.5 Å². The molecule has 9 heteroatoms. The fraction of sp³-hybridized carbons (Fsp3) is 0.480. The van der Waals surface area contributed by atoms with Gasteiger partial charge in [0.1, 0.15) is 17.9 Å². The Bertz CT molecular complexity index is 984. The number of hydrogen-bond acceptors (Lipinski definition) is 5. The van der Waals surface area contributed by atoms with Gasteiger partial charge in [0.15, 0.2) is 5.96 Å². The summed E-state index contributed by atoms with van der Waals surface area (Å²) in [5, 5.41) is 15.3. The first-order valence-electron chi connectivity index (χ1n) is 12.0. The molecule has 1 aliphatic rings. The van der Waals surface area contributed by atoms with Gasteiger partial charge in [-0.3, -0.25) is 9.89 Å². The third-order valence-electron chi connectivity index (χ3n) is 6.19. The van der Waals surface area contributed by atoms with E-state index in [1.807, 2.05) is 12.1 Å². The molecule has 0 saturated carbocycles. The number of guanidine groups is 1. The maximum Gasteiger partial charge on any atom is 0.191 e. The SMILES string of the molecule is CCc1nncn1CCNC(=NCC(c1ccco1)N1CCCC1)NC(C)c1ccccc1.I. The highest BCUT2D eigenvalue weighted by molar-refractivity contribution is 14.0. The first-order valence-corrected chi connectivity index (χ1v) is 12.0. The second-order valence-corrected chi connectivity index (χ2v) is 8.46. The number of aryl methyl sites for hydroxylation is 1. The van der Waals surface area contributed by atoms with Crippen LogP contribution in [0.15, 0.2) is 64.5 Å². The molecule has 4 rings (SSSR count). The average Bonchev–Trinajstić information content (AvgIpc) is 3.62. The third-order valence-corrected chi connectivity index (χ3v) is 6.19. The highest BCUT2D eigenvalue weighted by atomic mass is 127. The molecule has 2 aromatic heterocycles. The number of hydrogen-bond donors (Lipinski definition) is 2. The summed E-state index contributed by atoms with van der Waals surface area (Å²) in [6, 6.07) is 14.7. The Morgan fingerprint density at radius 1 is 1.15 bits per heavy atom. The minimum Gasteiger partial charge on any atom is -0.468 e. The summed E-state index contributed by atoms with van der Waals surface area (Å²) in [6.45, 7) is 8.58. The molecule has 184 valence electrons. The average molecular weight is 578 g/mol. The zero-order valence-corrected chi connectivity index (χ0v) is 22.4. The van der Waals surface area contributed by atoms with Crippen LogP contribution in [0.3, 0.4) is 0 Å². The number of halogens is 1. The Kier molecular flexibility index (Phi) is 10.4. The zero-order valence-electron chi connectivity index (χ0n) is 20.1. The Morgan fingerprint density at radius 2 is 1.94 bits per heavy atom. The summed E-state index contributed by atoms with van der Waals surface area (Å²) in [5.41, 5.74) is 1.22. The molecule has 1 aliphatic heterocycles. The first kappa shape index (κ1) is 26.2. The van der Waals surface area contributed by atoms with Gasteiger partial charge < -0.3 is 19.6 Å². The van der Waals surface area contributed by atoms with Crippen molar-refractivity contribution in [1.82, 2.24) is 30.3 Å². The normalized spacial score (nSPS) is 16.1. The Morgan fingerprint density at radius 3 is 2.65 bits per heavy atom. The van der Waals surface area contributed by atoms with Crippen LogP contribution in [0.25, 0.3) is 0 Å². The van der Waals surface area contributed by atoms with Crippen LogP contribution in [0.4, 0.5) is 0 Å². The maximum absolute atomic E-state index is 5.78. The van der Waals surface area contributed by atoms with Crippen molar-refractivity contribution in [3.05, 3.63) is 72.2 Å². The molecule has 1 fully saturated rings. The molecule has 3 aromatic rings. The Balaban J connectivity index is 0.00000324. The lowest BCUT2D eigenvalue weighted by Crippen LogP contribution is -2.41. The third kappa shape index (κ3) is 7.05. The van der Waals surface area contributed by atoms with Gasteiger partial charge in [-0.15, -0.1) is 34.2 Å². The smallest absolute Gasteiger partial charge is 0.191 e. The second kappa shape index (κ2) is 13.5. The standard InChI is InChI=1S/C25H35N7O.HI/c1-3-24-30-28-19-32(24)16-13-26-25(29-20(2)21-10-5-4-6-11-21)27-18-22(23-12-9-17-33-23)31-14-7-8-15-31;/h4-6,9-12,17,19-20,22H,3,7-8,13-16,18H2,1-2H3,(H2,26,27,29);1H. The maximum atomic E-state index is 5.78. The summed E-state index contributed by atoms with van der Waals surface area (Å²) in [5.74, 6) is 2.77. The van der Waals surface area contributed by atoms with E-state index in [0.717, 1.165) is 50.1 Å². The molecule has 0 radical (unpaired) electrons. The molecule has 34 heavy (non-hydrogen) atoms. The van der Waals surface area contributed by atoms with Crippen molar-refractivity contribution < 1.29 is 4.42 Å². The first-order chi connectivity index (χ1) is 16.2. The minimum atomic E-state index is 0. The number of nitrogens with zero attached hydrogens (tertiary/aromatic N) is 5. The lowest BCUT2D eigenvalue weighted by molar-refractivity contribution is 0.221. The number of aromatic nitrogens is 3. The van der Waals surface area contributed by atoms with Crippen LogP contribution in [0.1, 0.15) is 55.9 Å². The van der Waals surface area contributed by atoms with Gasteiger partial charge in [-0.05, 0) is 50.6 Å². The van der Waals surface area contributed by atoms with E-state index in [0.29, 0.717) is 6.54 Å².